The van der Waals surface area contributed by atoms with Gasteiger partial charge in [0.2, 0.25) is 0 Å². The van der Waals surface area contributed by atoms with Gasteiger partial charge in [0.05, 0.1) is 22.0 Å². The Morgan fingerprint density at radius 3 is 2.59 bits per heavy atom. The number of esters is 1. The Bertz CT molecular complexity index is 1160. The minimum Gasteiger partial charge on any atom is -0.464 e. The van der Waals surface area contributed by atoms with Gasteiger partial charge in [-0.15, -0.1) is 11.3 Å². The fourth-order valence-electron chi connectivity index (χ4n) is 2.80. The summed E-state index contributed by atoms with van der Waals surface area (Å²) in [5.74, 6) is -0.664. The first kappa shape index (κ1) is 19.7. The van der Waals surface area contributed by atoms with Crippen LogP contribution in [0, 0.1) is 0 Å². The normalized spacial score (nSPS) is 11.7. The molecule has 0 aliphatic rings. The lowest BCUT2D eigenvalue weighted by Gasteiger charge is -2.24. The number of ether oxygens (including phenoxy) is 1. The van der Waals surface area contributed by atoms with E-state index in [4.69, 9.17) is 27.9 Å². The van der Waals surface area contributed by atoms with Gasteiger partial charge in [0, 0.05) is 10.9 Å². The molecular formula is C18H16Cl2N2O4S. The summed E-state index contributed by atoms with van der Waals surface area (Å²) in [6.07, 6.45) is 0. The molecule has 0 fully saturated rings. The van der Waals surface area contributed by atoms with Crippen LogP contribution < -0.4 is 11.2 Å². The summed E-state index contributed by atoms with van der Waals surface area (Å²) < 4.78 is 5.92. The molecule has 0 atom stereocenters. The SMILES string of the molecule is CCOC(=O)C(C)(C)n1c(=O)[nH]c2scc(-c3ccc(Cl)c(Cl)c3)c2c1=O. The Labute approximate surface area is 168 Å². The van der Waals surface area contributed by atoms with Crippen molar-refractivity contribution in [2.45, 2.75) is 26.3 Å². The van der Waals surface area contributed by atoms with E-state index in [1.54, 1.807) is 30.5 Å². The Kier molecular flexibility index (Phi) is 5.20. The van der Waals surface area contributed by atoms with Crippen molar-refractivity contribution in [3.8, 4) is 11.1 Å². The molecule has 6 nitrogen and oxygen atoms in total. The lowest BCUT2D eigenvalue weighted by molar-refractivity contribution is -0.152. The molecule has 0 radical (unpaired) electrons. The summed E-state index contributed by atoms with van der Waals surface area (Å²) in [6.45, 7) is 4.74. The molecule has 0 unspecified atom stereocenters. The van der Waals surface area contributed by atoms with Crippen LogP contribution in [0.2, 0.25) is 10.0 Å². The largest absolute Gasteiger partial charge is 0.464 e. The zero-order chi connectivity index (χ0) is 19.9. The van der Waals surface area contributed by atoms with Crippen molar-refractivity contribution in [3.63, 3.8) is 0 Å². The van der Waals surface area contributed by atoms with E-state index in [-0.39, 0.29) is 6.61 Å². The minimum absolute atomic E-state index is 0.143. The van der Waals surface area contributed by atoms with Crippen LogP contribution in [0.15, 0.2) is 33.2 Å². The topological polar surface area (TPSA) is 81.2 Å². The van der Waals surface area contributed by atoms with Gasteiger partial charge in [-0.1, -0.05) is 29.3 Å². The van der Waals surface area contributed by atoms with E-state index in [9.17, 15) is 14.4 Å². The Morgan fingerprint density at radius 2 is 1.96 bits per heavy atom. The quantitative estimate of drug-likeness (QED) is 0.638. The van der Waals surface area contributed by atoms with Crippen LogP contribution in [0.3, 0.4) is 0 Å². The Balaban J connectivity index is 2.30. The molecule has 2 aromatic heterocycles. The first-order valence-corrected chi connectivity index (χ1v) is 9.71. The average molecular weight is 427 g/mol. The molecule has 27 heavy (non-hydrogen) atoms. The van der Waals surface area contributed by atoms with Gasteiger partial charge >= 0.3 is 11.7 Å². The van der Waals surface area contributed by atoms with Crippen molar-refractivity contribution < 1.29 is 9.53 Å². The molecule has 0 bridgehead atoms. The molecule has 2 heterocycles. The first-order chi connectivity index (χ1) is 12.7. The van der Waals surface area contributed by atoms with Crippen LogP contribution in [0.1, 0.15) is 20.8 Å². The monoisotopic (exact) mass is 426 g/mol. The summed E-state index contributed by atoms with van der Waals surface area (Å²) >= 11 is 13.3. The van der Waals surface area contributed by atoms with Gasteiger partial charge in [-0.05, 0) is 38.5 Å². The highest BCUT2D eigenvalue weighted by Crippen LogP contribution is 2.34. The molecule has 142 valence electrons. The Hall–Kier alpha value is -2.09. The van der Waals surface area contributed by atoms with Gasteiger partial charge in [0.15, 0.2) is 0 Å². The number of nitrogens with one attached hydrogen (secondary N) is 1. The van der Waals surface area contributed by atoms with Gasteiger partial charge in [-0.25, -0.2) is 14.2 Å². The lowest BCUT2D eigenvalue weighted by Crippen LogP contribution is -2.51. The highest BCUT2D eigenvalue weighted by atomic mass is 35.5. The zero-order valence-corrected chi connectivity index (χ0v) is 17.1. The number of carbonyl (C=O) groups is 1. The van der Waals surface area contributed by atoms with E-state index >= 15 is 0 Å². The molecule has 3 aromatic rings. The van der Waals surface area contributed by atoms with Crippen LogP contribution in [0.25, 0.3) is 21.3 Å². The van der Waals surface area contributed by atoms with Crippen LogP contribution in [0.5, 0.6) is 0 Å². The van der Waals surface area contributed by atoms with Crippen LogP contribution in [0.4, 0.5) is 0 Å². The van der Waals surface area contributed by atoms with Crippen LogP contribution in [-0.4, -0.2) is 22.1 Å². The second-order valence-corrected chi connectivity index (χ2v) is 8.03. The van der Waals surface area contributed by atoms with Crippen molar-refractivity contribution in [2.24, 2.45) is 0 Å². The smallest absolute Gasteiger partial charge is 0.332 e. The summed E-state index contributed by atoms with van der Waals surface area (Å²) in [6, 6.07) is 5.02. The van der Waals surface area contributed by atoms with E-state index in [0.717, 1.165) is 4.57 Å². The highest BCUT2D eigenvalue weighted by molar-refractivity contribution is 7.17. The lowest BCUT2D eigenvalue weighted by atomic mass is 10.0. The standard InChI is InChI=1S/C18H16Cl2N2O4S/c1-4-26-16(24)18(2,3)22-15(23)13-10(8-27-14(13)21-17(22)25)9-5-6-11(19)12(20)7-9/h5-8H,4H2,1-3H3,(H,21,25). The van der Waals surface area contributed by atoms with Gasteiger partial charge in [0.25, 0.3) is 5.56 Å². The van der Waals surface area contributed by atoms with E-state index < -0.39 is 22.8 Å². The number of rotatable bonds is 4. The van der Waals surface area contributed by atoms with Crippen molar-refractivity contribution in [3.05, 3.63) is 54.5 Å². The third-order valence-electron chi connectivity index (χ3n) is 4.20. The molecule has 3 rings (SSSR count). The van der Waals surface area contributed by atoms with Gasteiger partial charge < -0.3 is 4.74 Å². The van der Waals surface area contributed by atoms with Gasteiger partial charge in [-0.2, -0.15) is 0 Å². The summed E-state index contributed by atoms with van der Waals surface area (Å²) in [5, 5.41) is 2.80. The molecule has 1 aromatic carbocycles. The summed E-state index contributed by atoms with van der Waals surface area (Å²) in [4.78, 5) is 41.1. The average Bonchev–Trinajstić information content (AvgIpc) is 3.01. The second-order valence-electron chi connectivity index (χ2n) is 6.33. The maximum atomic E-state index is 13.2. The van der Waals surface area contributed by atoms with Crippen LogP contribution >= 0.6 is 34.5 Å². The van der Waals surface area contributed by atoms with E-state index in [0.29, 0.717) is 31.4 Å². The number of hydrogen-bond acceptors (Lipinski definition) is 5. The fraction of sp³-hybridized carbons (Fsp3) is 0.278. The minimum atomic E-state index is -1.47. The van der Waals surface area contributed by atoms with Crippen LogP contribution in [-0.2, 0) is 15.1 Å². The second kappa shape index (κ2) is 7.14. The molecular weight excluding hydrogens is 411 g/mol. The molecule has 0 spiro atoms. The molecule has 0 saturated heterocycles. The molecule has 0 aliphatic heterocycles. The number of H-pyrrole nitrogens is 1. The molecule has 9 heteroatoms. The van der Waals surface area contributed by atoms with Crippen molar-refractivity contribution in [1.82, 2.24) is 9.55 Å². The van der Waals surface area contributed by atoms with Gasteiger partial charge in [0.1, 0.15) is 10.4 Å². The van der Waals surface area contributed by atoms with Crippen molar-refractivity contribution >= 4 is 50.7 Å². The van der Waals surface area contributed by atoms with E-state index in [1.807, 2.05) is 0 Å². The number of carbonyl (C=O) groups excluding carboxylic acids is 1. The maximum Gasteiger partial charge on any atom is 0.332 e. The predicted octanol–water partition coefficient (Wildman–Crippen LogP) is 4.02. The maximum absolute atomic E-state index is 13.2. The number of benzene rings is 1. The number of aromatic amines is 1. The van der Waals surface area contributed by atoms with E-state index in [1.165, 1.54) is 25.2 Å². The number of fused-ring (bicyclic) bond motifs is 1. The third-order valence-corrected chi connectivity index (χ3v) is 5.83. The number of nitrogens with zero attached hydrogens (tertiary/aromatic N) is 1. The number of aromatic nitrogens is 2. The molecule has 0 saturated carbocycles. The number of halogens is 2. The Morgan fingerprint density at radius 1 is 1.26 bits per heavy atom. The summed E-state index contributed by atoms with van der Waals surface area (Å²) in [5.41, 5.74) is -1.43. The fourth-order valence-corrected chi connectivity index (χ4v) is 4.05. The number of hydrogen-bond donors (Lipinski definition) is 1. The molecule has 1 N–H and O–H groups in total. The van der Waals surface area contributed by atoms with Gasteiger partial charge in [-0.3, -0.25) is 9.78 Å². The summed E-state index contributed by atoms with van der Waals surface area (Å²) in [7, 11) is 0. The predicted molar refractivity (Wildman–Crippen MR) is 108 cm³/mol. The third kappa shape index (κ3) is 3.31. The van der Waals surface area contributed by atoms with Crippen molar-refractivity contribution in [2.75, 3.05) is 6.61 Å². The molecule has 0 aliphatic carbocycles. The molecule has 0 amide bonds. The zero-order valence-electron chi connectivity index (χ0n) is 14.8. The highest BCUT2D eigenvalue weighted by Gasteiger charge is 2.35. The van der Waals surface area contributed by atoms with E-state index in [2.05, 4.69) is 4.98 Å². The van der Waals surface area contributed by atoms with Crippen molar-refractivity contribution in [1.29, 1.82) is 0 Å². The first-order valence-electron chi connectivity index (χ1n) is 8.08. The number of thiophene rings is 1.